The van der Waals surface area contributed by atoms with Crippen LogP contribution in [0.3, 0.4) is 0 Å². The molecule has 0 saturated heterocycles. The van der Waals surface area contributed by atoms with Crippen molar-refractivity contribution in [1.82, 2.24) is 9.97 Å². The van der Waals surface area contributed by atoms with Crippen molar-refractivity contribution in [2.75, 3.05) is 10.6 Å². The lowest BCUT2D eigenvalue weighted by atomic mass is 10.0. The Balaban J connectivity index is 1.64. The molecule has 30 heavy (non-hydrogen) atoms. The minimum atomic E-state index is -0.488. The Morgan fingerprint density at radius 2 is 1.93 bits per heavy atom. The van der Waals surface area contributed by atoms with Gasteiger partial charge < -0.3 is 15.1 Å². The highest BCUT2D eigenvalue weighted by molar-refractivity contribution is 5.83. The molecule has 5 rings (SSSR count). The van der Waals surface area contributed by atoms with Gasteiger partial charge in [-0.1, -0.05) is 30.3 Å². The molecule has 0 unspecified atom stereocenters. The lowest BCUT2D eigenvalue weighted by Crippen LogP contribution is -2.14. The molecule has 7 heteroatoms. The molecule has 0 radical (unpaired) electrons. The first-order chi connectivity index (χ1) is 14.7. The Morgan fingerprint density at radius 1 is 1.10 bits per heavy atom. The molecule has 2 aromatic carbocycles. The second-order valence-corrected chi connectivity index (χ2v) is 6.64. The maximum Gasteiger partial charge on any atom is 0.200 e. The molecule has 1 aliphatic heterocycles. The number of nitrogens with one attached hydrogen (secondary N) is 2. The Bertz CT molecular complexity index is 1400. The summed E-state index contributed by atoms with van der Waals surface area (Å²) in [7, 11) is 0. The lowest BCUT2D eigenvalue weighted by Gasteiger charge is -2.15. The first-order valence-corrected chi connectivity index (χ1v) is 9.28. The molecule has 0 aliphatic carbocycles. The fourth-order valence-corrected chi connectivity index (χ4v) is 3.44. The standard InChI is InChI=1S/C23H15FN4O2/c24-17-9-3-1-6-14(17)20-19(30-18-10-4-2-7-15(18)21(20)29)12-26-23-16-8-5-11-25-22(16)27-13-28-23/h1-4,6-11,13H,12H2,(H2,25,26,27,28). The summed E-state index contributed by atoms with van der Waals surface area (Å²) < 4.78 is 20.6. The number of nitrogens with zero attached hydrogens (tertiary/aromatic N) is 2. The molecular weight excluding hydrogens is 383 g/mol. The smallest absolute Gasteiger partial charge is 0.200 e. The maximum absolute atomic E-state index is 14.6. The van der Waals surface area contributed by atoms with Crippen LogP contribution in [-0.4, -0.2) is 9.97 Å². The van der Waals surface area contributed by atoms with E-state index in [4.69, 9.17) is 4.42 Å². The van der Waals surface area contributed by atoms with Gasteiger partial charge in [0.2, 0.25) is 5.43 Å². The Kier molecular flexibility index (Phi) is 4.35. The van der Waals surface area contributed by atoms with E-state index in [1.165, 1.54) is 12.4 Å². The highest BCUT2D eigenvalue weighted by Crippen LogP contribution is 2.29. The van der Waals surface area contributed by atoms with E-state index >= 15 is 0 Å². The summed E-state index contributed by atoms with van der Waals surface area (Å²) in [6.07, 6.45) is 4.83. The van der Waals surface area contributed by atoms with Gasteiger partial charge in [-0.2, -0.15) is 0 Å². The molecule has 6 nitrogen and oxygen atoms in total. The monoisotopic (exact) mass is 398 g/mol. The van der Waals surface area contributed by atoms with Gasteiger partial charge in [0.1, 0.15) is 35.1 Å². The van der Waals surface area contributed by atoms with E-state index in [-0.39, 0.29) is 23.1 Å². The summed E-state index contributed by atoms with van der Waals surface area (Å²) in [6, 6.07) is 13.1. The van der Waals surface area contributed by atoms with Crippen LogP contribution in [0.2, 0.25) is 0 Å². The predicted molar refractivity (Wildman–Crippen MR) is 113 cm³/mol. The Morgan fingerprint density at radius 3 is 2.83 bits per heavy atom. The fourth-order valence-electron chi connectivity index (χ4n) is 3.44. The molecule has 0 amide bonds. The molecule has 0 fully saturated rings. The third-order valence-electron chi connectivity index (χ3n) is 4.83. The number of hydrogen-bond acceptors (Lipinski definition) is 6. The van der Waals surface area contributed by atoms with Crippen molar-refractivity contribution in [2.24, 2.45) is 0 Å². The Labute approximate surface area is 170 Å². The highest BCUT2D eigenvalue weighted by atomic mass is 19.1. The zero-order chi connectivity index (χ0) is 20.5. The van der Waals surface area contributed by atoms with Gasteiger partial charge in [0, 0.05) is 11.8 Å². The van der Waals surface area contributed by atoms with Crippen LogP contribution < -0.4 is 16.1 Å². The number of hydrogen-bond donors (Lipinski definition) is 2. The van der Waals surface area contributed by atoms with Gasteiger partial charge in [-0.3, -0.25) is 4.79 Å². The molecule has 146 valence electrons. The third kappa shape index (κ3) is 3.03. The van der Waals surface area contributed by atoms with Crippen LogP contribution in [0.25, 0.3) is 28.2 Å². The van der Waals surface area contributed by atoms with E-state index in [1.54, 1.807) is 54.7 Å². The van der Waals surface area contributed by atoms with Gasteiger partial charge in [0.05, 0.1) is 23.1 Å². The zero-order valence-corrected chi connectivity index (χ0v) is 15.6. The van der Waals surface area contributed by atoms with Gasteiger partial charge in [-0.05, 0) is 24.3 Å². The van der Waals surface area contributed by atoms with Crippen molar-refractivity contribution >= 4 is 28.7 Å². The number of anilines is 2. The molecule has 2 aromatic heterocycles. The van der Waals surface area contributed by atoms with E-state index in [0.29, 0.717) is 28.4 Å². The lowest BCUT2D eigenvalue weighted by molar-refractivity contribution is 0.546. The molecule has 0 spiro atoms. The van der Waals surface area contributed by atoms with Crippen LogP contribution in [0.15, 0.2) is 76.0 Å². The quantitative estimate of drug-likeness (QED) is 0.491. The predicted octanol–water partition coefficient (Wildman–Crippen LogP) is 4.55. The number of rotatable bonds is 4. The van der Waals surface area contributed by atoms with E-state index < -0.39 is 5.82 Å². The SMILES string of the molecule is O=c1c(-c2ccccc2F)c(CNc2ncnc3c2C=C=CN3)oc2ccccc12. The summed E-state index contributed by atoms with van der Waals surface area (Å²) >= 11 is 0. The van der Waals surface area contributed by atoms with Gasteiger partial charge in [0.25, 0.3) is 0 Å². The van der Waals surface area contributed by atoms with Crippen LogP contribution in [0.1, 0.15) is 11.3 Å². The summed E-state index contributed by atoms with van der Waals surface area (Å²) in [5.41, 5.74) is 4.23. The molecule has 2 N–H and O–H groups in total. The van der Waals surface area contributed by atoms with Crippen LogP contribution in [0.4, 0.5) is 16.0 Å². The van der Waals surface area contributed by atoms with Crippen LogP contribution >= 0.6 is 0 Å². The van der Waals surface area contributed by atoms with Crippen molar-refractivity contribution in [3.05, 3.63) is 94.2 Å². The topological polar surface area (TPSA) is 80.0 Å². The number of fused-ring (bicyclic) bond motifs is 2. The zero-order valence-electron chi connectivity index (χ0n) is 15.6. The van der Waals surface area contributed by atoms with Crippen molar-refractivity contribution in [3.63, 3.8) is 0 Å². The fraction of sp³-hybridized carbons (Fsp3) is 0.0435. The molecule has 0 atom stereocenters. The van der Waals surface area contributed by atoms with Gasteiger partial charge in [-0.15, -0.1) is 5.73 Å². The second kappa shape index (κ2) is 7.31. The molecule has 4 aromatic rings. The van der Waals surface area contributed by atoms with Gasteiger partial charge in [-0.25, -0.2) is 14.4 Å². The number of benzene rings is 2. The molecule has 1 aliphatic rings. The average Bonchev–Trinajstić information content (AvgIpc) is 2.78. The molecule has 3 heterocycles. The Hall–Kier alpha value is -4.22. The maximum atomic E-state index is 14.6. The summed E-state index contributed by atoms with van der Waals surface area (Å²) in [4.78, 5) is 21.7. The molecule has 0 saturated carbocycles. The van der Waals surface area contributed by atoms with Crippen molar-refractivity contribution in [1.29, 1.82) is 0 Å². The largest absolute Gasteiger partial charge is 0.458 e. The summed E-state index contributed by atoms with van der Waals surface area (Å²) in [6.45, 7) is 0.130. The number of para-hydroxylation sites is 1. The molecule has 0 bridgehead atoms. The van der Waals surface area contributed by atoms with Crippen LogP contribution in [0, 0.1) is 5.82 Å². The number of aromatic nitrogens is 2. The molecular formula is C23H15FN4O2. The van der Waals surface area contributed by atoms with E-state index in [9.17, 15) is 9.18 Å². The normalized spacial score (nSPS) is 11.9. The second-order valence-electron chi connectivity index (χ2n) is 6.64. The first kappa shape index (κ1) is 17.8. The van der Waals surface area contributed by atoms with Crippen LogP contribution in [-0.2, 0) is 6.54 Å². The van der Waals surface area contributed by atoms with Crippen molar-refractivity contribution < 1.29 is 8.81 Å². The average molecular weight is 398 g/mol. The number of halogens is 1. The summed E-state index contributed by atoms with van der Waals surface area (Å²) in [5, 5.41) is 6.58. The van der Waals surface area contributed by atoms with E-state index in [2.05, 4.69) is 26.3 Å². The van der Waals surface area contributed by atoms with Gasteiger partial charge >= 0.3 is 0 Å². The van der Waals surface area contributed by atoms with E-state index in [0.717, 1.165) is 5.56 Å². The highest BCUT2D eigenvalue weighted by Gasteiger charge is 2.19. The third-order valence-corrected chi connectivity index (χ3v) is 4.83. The van der Waals surface area contributed by atoms with Crippen molar-refractivity contribution in [3.8, 4) is 11.1 Å². The summed E-state index contributed by atoms with van der Waals surface area (Å²) in [5.74, 6) is 1.02. The first-order valence-electron chi connectivity index (χ1n) is 9.28. The van der Waals surface area contributed by atoms with Crippen LogP contribution in [0.5, 0.6) is 0 Å². The minimum Gasteiger partial charge on any atom is -0.458 e. The minimum absolute atomic E-state index is 0.130. The van der Waals surface area contributed by atoms with Crippen molar-refractivity contribution in [2.45, 2.75) is 6.54 Å². The van der Waals surface area contributed by atoms with Gasteiger partial charge in [0.15, 0.2) is 0 Å². The van der Waals surface area contributed by atoms with E-state index in [1.807, 2.05) is 0 Å².